The van der Waals surface area contributed by atoms with Crippen molar-refractivity contribution in [2.45, 2.75) is 57.9 Å². The van der Waals surface area contributed by atoms with E-state index >= 15 is 0 Å². The van der Waals surface area contributed by atoms with Gasteiger partial charge in [-0.2, -0.15) is 16.3 Å². The first-order valence-corrected chi connectivity index (χ1v) is 9.37. The molecule has 0 spiro atoms. The molecule has 0 aromatic carbocycles. The first-order valence-electron chi connectivity index (χ1n) is 8.42. The number of aryl methyl sites for hydroxylation is 1. The number of thiophene rings is 1. The molecule has 2 aromatic rings. The fourth-order valence-corrected chi connectivity index (χ4v) is 3.89. The van der Waals surface area contributed by atoms with Crippen molar-refractivity contribution in [2.24, 2.45) is 0 Å². The number of carbonyl (C=O) groups is 1. The van der Waals surface area contributed by atoms with Gasteiger partial charge in [0.15, 0.2) is 0 Å². The molecule has 124 valence electrons. The minimum atomic E-state index is 0.203. The van der Waals surface area contributed by atoms with Crippen LogP contribution in [0.2, 0.25) is 0 Å². The van der Waals surface area contributed by atoms with Crippen LogP contribution in [0.25, 0.3) is 11.4 Å². The summed E-state index contributed by atoms with van der Waals surface area (Å²) in [4.78, 5) is 18.9. The highest BCUT2D eigenvalue weighted by Crippen LogP contribution is 2.23. The topological polar surface area (TPSA) is 59.2 Å². The van der Waals surface area contributed by atoms with Gasteiger partial charge in [-0.05, 0) is 31.2 Å². The molecule has 2 aromatic heterocycles. The van der Waals surface area contributed by atoms with Crippen LogP contribution in [0.3, 0.4) is 0 Å². The quantitative estimate of drug-likeness (QED) is 0.804. The van der Waals surface area contributed by atoms with Gasteiger partial charge in [-0.3, -0.25) is 4.79 Å². The predicted octanol–water partition coefficient (Wildman–Crippen LogP) is 3.91. The van der Waals surface area contributed by atoms with Crippen LogP contribution in [0, 0.1) is 0 Å². The van der Waals surface area contributed by atoms with Crippen molar-refractivity contribution in [3.63, 3.8) is 0 Å². The number of hydrogen-bond donors (Lipinski definition) is 0. The molecule has 1 amide bonds. The summed E-state index contributed by atoms with van der Waals surface area (Å²) in [7, 11) is 0. The van der Waals surface area contributed by atoms with E-state index in [-0.39, 0.29) is 5.91 Å². The molecule has 3 rings (SSSR count). The molecule has 0 saturated heterocycles. The van der Waals surface area contributed by atoms with Crippen LogP contribution in [-0.4, -0.2) is 33.5 Å². The number of amides is 1. The van der Waals surface area contributed by atoms with E-state index in [9.17, 15) is 4.79 Å². The molecule has 2 heterocycles. The maximum absolute atomic E-state index is 12.5. The second kappa shape index (κ2) is 7.73. The second-order valence-electron chi connectivity index (χ2n) is 6.00. The van der Waals surface area contributed by atoms with Crippen molar-refractivity contribution in [2.75, 3.05) is 6.54 Å². The molecule has 0 aliphatic heterocycles. The van der Waals surface area contributed by atoms with Gasteiger partial charge in [-0.15, -0.1) is 0 Å². The minimum absolute atomic E-state index is 0.203. The monoisotopic (exact) mass is 333 g/mol. The first-order chi connectivity index (χ1) is 11.3. The standard InChI is InChI=1S/C17H23N3O2S/c1-2-20(14-6-4-3-5-7-14)16(21)9-8-15-18-17(19-22-15)13-10-11-23-12-13/h10-12,14H,2-9H2,1H3. The molecule has 23 heavy (non-hydrogen) atoms. The first kappa shape index (κ1) is 16.2. The number of carbonyl (C=O) groups excluding carboxylic acids is 1. The van der Waals surface area contributed by atoms with E-state index in [4.69, 9.17) is 4.52 Å². The highest BCUT2D eigenvalue weighted by Gasteiger charge is 2.24. The molecule has 1 fully saturated rings. The van der Waals surface area contributed by atoms with Crippen molar-refractivity contribution in [3.8, 4) is 11.4 Å². The third kappa shape index (κ3) is 3.99. The summed E-state index contributed by atoms with van der Waals surface area (Å²) in [6.07, 6.45) is 7.01. The molecule has 1 aliphatic carbocycles. The molecular formula is C17H23N3O2S. The van der Waals surface area contributed by atoms with Gasteiger partial charge in [0.2, 0.25) is 17.6 Å². The Bertz CT molecular complexity index is 618. The highest BCUT2D eigenvalue weighted by molar-refractivity contribution is 7.08. The van der Waals surface area contributed by atoms with Crippen LogP contribution in [0.4, 0.5) is 0 Å². The Morgan fingerprint density at radius 3 is 2.91 bits per heavy atom. The highest BCUT2D eigenvalue weighted by atomic mass is 32.1. The lowest BCUT2D eigenvalue weighted by Gasteiger charge is -2.33. The molecule has 5 nitrogen and oxygen atoms in total. The van der Waals surface area contributed by atoms with Gasteiger partial charge in [-0.1, -0.05) is 24.4 Å². The molecule has 1 aliphatic rings. The van der Waals surface area contributed by atoms with E-state index in [0.717, 1.165) is 24.9 Å². The van der Waals surface area contributed by atoms with Gasteiger partial charge in [-0.25, -0.2) is 0 Å². The third-order valence-corrected chi connectivity index (χ3v) is 5.16. The lowest BCUT2D eigenvalue weighted by atomic mass is 9.94. The summed E-state index contributed by atoms with van der Waals surface area (Å²) in [5, 5.41) is 7.96. The van der Waals surface area contributed by atoms with Crippen LogP contribution < -0.4 is 0 Å². The predicted molar refractivity (Wildman–Crippen MR) is 90.2 cm³/mol. The van der Waals surface area contributed by atoms with Gasteiger partial charge in [0, 0.05) is 36.4 Å². The molecule has 0 unspecified atom stereocenters. The average Bonchev–Trinajstić information content (AvgIpc) is 3.26. The maximum Gasteiger partial charge on any atom is 0.227 e. The van der Waals surface area contributed by atoms with Gasteiger partial charge in [0.05, 0.1) is 0 Å². The van der Waals surface area contributed by atoms with Crippen LogP contribution in [0.15, 0.2) is 21.3 Å². The Morgan fingerprint density at radius 1 is 1.39 bits per heavy atom. The molecular weight excluding hydrogens is 310 g/mol. The zero-order valence-corrected chi connectivity index (χ0v) is 14.3. The Morgan fingerprint density at radius 2 is 2.22 bits per heavy atom. The zero-order valence-electron chi connectivity index (χ0n) is 13.5. The molecule has 0 bridgehead atoms. The van der Waals surface area contributed by atoms with Crippen LogP contribution in [0.5, 0.6) is 0 Å². The second-order valence-corrected chi connectivity index (χ2v) is 6.78. The smallest absolute Gasteiger partial charge is 0.227 e. The largest absolute Gasteiger partial charge is 0.340 e. The van der Waals surface area contributed by atoms with Gasteiger partial charge in [0.1, 0.15) is 0 Å². The Kier molecular flexibility index (Phi) is 5.43. The summed E-state index contributed by atoms with van der Waals surface area (Å²) >= 11 is 1.60. The summed E-state index contributed by atoms with van der Waals surface area (Å²) in [5.41, 5.74) is 0.966. The van der Waals surface area contributed by atoms with Crippen molar-refractivity contribution in [1.82, 2.24) is 15.0 Å². The Labute approximate surface area is 140 Å². The average molecular weight is 333 g/mol. The lowest BCUT2D eigenvalue weighted by Crippen LogP contribution is -2.41. The summed E-state index contributed by atoms with van der Waals surface area (Å²) < 4.78 is 5.27. The van der Waals surface area contributed by atoms with Gasteiger partial charge < -0.3 is 9.42 Å². The van der Waals surface area contributed by atoms with Crippen molar-refractivity contribution < 1.29 is 9.32 Å². The number of aromatic nitrogens is 2. The summed E-state index contributed by atoms with van der Waals surface area (Å²) in [6, 6.07) is 2.39. The molecule has 0 N–H and O–H groups in total. The fourth-order valence-electron chi connectivity index (χ4n) is 3.25. The molecule has 0 atom stereocenters. The van der Waals surface area contributed by atoms with E-state index in [0.29, 0.717) is 30.6 Å². The maximum atomic E-state index is 12.5. The van der Waals surface area contributed by atoms with E-state index < -0.39 is 0 Å². The molecule has 6 heteroatoms. The van der Waals surface area contributed by atoms with Crippen LogP contribution >= 0.6 is 11.3 Å². The number of hydrogen-bond acceptors (Lipinski definition) is 5. The third-order valence-electron chi connectivity index (χ3n) is 4.48. The molecule has 1 saturated carbocycles. The minimum Gasteiger partial charge on any atom is -0.340 e. The summed E-state index contributed by atoms with van der Waals surface area (Å²) in [5.74, 6) is 1.35. The van der Waals surface area contributed by atoms with E-state index in [1.807, 2.05) is 21.7 Å². The fraction of sp³-hybridized carbons (Fsp3) is 0.588. The zero-order chi connectivity index (χ0) is 16.1. The van der Waals surface area contributed by atoms with Gasteiger partial charge in [0.25, 0.3) is 0 Å². The lowest BCUT2D eigenvalue weighted by molar-refractivity contribution is -0.134. The Hall–Kier alpha value is -1.69. The normalized spacial score (nSPS) is 15.7. The van der Waals surface area contributed by atoms with Crippen molar-refractivity contribution in [3.05, 3.63) is 22.7 Å². The van der Waals surface area contributed by atoms with E-state index in [1.165, 1.54) is 19.3 Å². The number of rotatable bonds is 6. The van der Waals surface area contributed by atoms with E-state index in [2.05, 4.69) is 17.1 Å². The van der Waals surface area contributed by atoms with Gasteiger partial charge >= 0.3 is 0 Å². The molecule has 0 radical (unpaired) electrons. The van der Waals surface area contributed by atoms with Crippen LogP contribution in [-0.2, 0) is 11.2 Å². The summed E-state index contributed by atoms with van der Waals surface area (Å²) in [6.45, 7) is 2.85. The van der Waals surface area contributed by atoms with Crippen molar-refractivity contribution in [1.29, 1.82) is 0 Å². The Balaban J connectivity index is 1.55. The van der Waals surface area contributed by atoms with E-state index in [1.54, 1.807) is 11.3 Å². The SMILES string of the molecule is CCN(C(=O)CCc1nc(-c2ccsc2)no1)C1CCCCC1. The number of nitrogens with zero attached hydrogens (tertiary/aromatic N) is 3. The van der Waals surface area contributed by atoms with Crippen LogP contribution in [0.1, 0.15) is 51.3 Å². The van der Waals surface area contributed by atoms with Crippen molar-refractivity contribution >= 4 is 17.2 Å².